The van der Waals surface area contributed by atoms with Crippen LogP contribution in [0.2, 0.25) is 10.0 Å². The highest BCUT2D eigenvalue weighted by Crippen LogP contribution is 2.10. The smallest absolute Gasteiger partial charge is 0.268 e. The number of ketones is 1. The summed E-state index contributed by atoms with van der Waals surface area (Å²) in [7, 11) is 0. The summed E-state index contributed by atoms with van der Waals surface area (Å²) in [6.45, 7) is -0.127. The molecule has 0 amide bonds. The van der Waals surface area contributed by atoms with Gasteiger partial charge in [-0.1, -0.05) is 23.2 Å². The quantitative estimate of drug-likeness (QED) is 0.813. The van der Waals surface area contributed by atoms with E-state index in [4.69, 9.17) is 23.2 Å². The summed E-state index contributed by atoms with van der Waals surface area (Å²) in [5.74, 6) is -0.219. The van der Waals surface area contributed by atoms with E-state index >= 15 is 0 Å². The number of carbonyl (C=O) groups is 1. The van der Waals surface area contributed by atoms with E-state index in [9.17, 15) is 9.59 Å². The SMILES string of the molecule is O=C(Cn1ncc(Cl)cc1=O)c1ccc(Cl)cc1. The molecule has 0 fully saturated rings. The fourth-order valence-electron chi connectivity index (χ4n) is 1.39. The molecule has 0 aliphatic heterocycles. The molecule has 0 spiro atoms. The van der Waals surface area contributed by atoms with Crippen molar-refractivity contribution >= 4 is 29.0 Å². The third-order valence-electron chi connectivity index (χ3n) is 2.30. The van der Waals surface area contributed by atoms with Crippen LogP contribution in [0.1, 0.15) is 10.4 Å². The first-order valence-electron chi connectivity index (χ1n) is 5.08. The minimum absolute atomic E-state index is 0.127. The highest BCUT2D eigenvalue weighted by molar-refractivity contribution is 6.30. The number of nitrogens with zero attached hydrogens (tertiary/aromatic N) is 2. The lowest BCUT2D eigenvalue weighted by molar-refractivity contribution is 0.0965. The monoisotopic (exact) mass is 282 g/mol. The molecule has 1 aromatic heterocycles. The van der Waals surface area contributed by atoms with Crippen LogP contribution >= 0.6 is 23.2 Å². The van der Waals surface area contributed by atoms with Crippen molar-refractivity contribution in [1.29, 1.82) is 0 Å². The van der Waals surface area contributed by atoms with E-state index in [2.05, 4.69) is 5.10 Å². The number of Topliss-reactive ketones (excluding diaryl/α,β-unsaturated/α-hetero) is 1. The van der Waals surface area contributed by atoms with Crippen molar-refractivity contribution in [2.24, 2.45) is 0 Å². The van der Waals surface area contributed by atoms with Crippen LogP contribution in [0.25, 0.3) is 0 Å². The lowest BCUT2D eigenvalue weighted by Crippen LogP contribution is -2.25. The third-order valence-corrected chi connectivity index (χ3v) is 2.75. The van der Waals surface area contributed by atoms with E-state index in [1.165, 1.54) is 12.3 Å². The highest BCUT2D eigenvalue weighted by atomic mass is 35.5. The van der Waals surface area contributed by atoms with E-state index in [0.29, 0.717) is 10.6 Å². The van der Waals surface area contributed by atoms with Gasteiger partial charge in [-0.05, 0) is 24.3 Å². The van der Waals surface area contributed by atoms with Gasteiger partial charge in [0.1, 0.15) is 6.54 Å². The van der Waals surface area contributed by atoms with Gasteiger partial charge in [0.05, 0.1) is 11.2 Å². The van der Waals surface area contributed by atoms with Crippen molar-refractivity contribution in [3.8, 4) is 0 Å². The Kier molecular flexibility index (Phi) is 3.79. The minimum atomic E-state index is -0.412. The molecule has 1 heterocycles. The third kappa shape index (κ3) is 2.97. The van der Waals surface area contributed by atoms with Crippen molar-refractivity contribution in [3.63, 3.8) is 0 Å². The maximum absolute atomic E-state index is 11.9. The molecule has 0 unspecified atom stereocenters. The molecule has 0 radical (unpaired) electrons. The average Bonchev–Trinajstić information content (AvgIpc) is 2.33. The van der Waals surface area contributed by atoms with Gasteiger partial charge in [0, 0.05) is 16.7 Å². The second kappa shape index (κ2) is 5.33. The van der Waals surface area contributed by atoms with Crippen LogP contribution in [-0.2, 0) is 6.54 Å². The van der Waals surface area contributed by atoms with Gasteiger partial charge >= 0.3 is 0 Å². The highest BCUT2D eigenvalue weighted by Gasteiger charge is 2.08. The van der Waals surface area contributed by atoms with Crippen LogP contribution in [0.15, 0.2) is 41.3 Å². The second-order valence-corrected chi connectivity index (χ2v) is 4.47. The molecule has 0 N–H and O–H groups in total. The summed E-state index contributed by atoms with van der Waals surface area (Å²) in [5.41, 5.74) is 0.0628. The Morgan fingerprint density at radius 1 is 1.17 bits per heavy atom. The van der Waals surface area contributed by atoms with E-state index in [1.807, 2.05) is 0 Å². The predicted molar refractivity (Wildman–Crippen MR) is 69.3 cm³/mol. The fraction of sp³-hybridized carbons (Fsp3) is 0.0833. The molecule has 0 bridgehead atoms. The molecule has 18 heavy (non-hydrogen) atoms. The molecule has 6 heteroatoms. The summed E-state index contributed by atoms with van der Waals surface area (Å²) in [6, 6.07) is 7.65. The number of benzene rings is 1. The molecule has 0 aliphatic rings. The Morgan fingerprint density at radius 2 is 1.83 bits per heavy atom. The first-order chi connectivity index (χ1) is 8.56. The summed E-state index contributed by atoms with van der Waals surface area (Å²) in [5, 5.41) is 4.58. The maximum Gasteiger partial charge on any atom is 0.268 e. The van der Waals surface area contributed by atoms with Crippen molar-refractivity contribution in [2.45, 2.75) is 6.54 Å². The molecular weight excluding hydrogens is 275 g/mol. The van der Waals surface area contributed by atoms with Crippen molar-refractivity contribution in [3.05, 3.63) is 62.5 Å². The molecule has 0 saturated heterocycles. The van der Waals surface area contributed by atoms with Gasteiger partial charge < -0.3 is 0 Å². The van der Waals surface area contributed by atoms with Crippen molar-refractivity contribution in [2.75, 3.05) is 0 Å². The molecule has 92 valence electrons. The molecule has 1 aromatic carbocycles. The summed E-state index contributed by atoms with van der Waals surface area (Å²) in [4.78, 5) is 23.4. The van der Waals surface area contributed by atoms with Crippen molar-refractivity contribution < 1.29 is 4.79 Å². The molecule has 4 nitrogen and oxygen atoms in total. The van der Waals surface area contributed by atoms with Crippen LogP contribution < -0.4 is 5.56 Å². The number of rotatable bonds is 3. The van der Waals surface area contributed by atoms with Crippen LogP contribution in [-0.4, -0.2) is 15.6 Å². The predicted octanol–water partition coefficient (Wildman–Crippen LogP) is 2.43. The molecule has 0 atom stereocenters. The number of hydrogen-bond acceptors (Lipinski definition) is 3. The van der Waals surface area contributed by atoms with Gasteiger partial charge in [-0.15, -0.1) is 0 Å². The van der Waals surface area contributed by atoms with Gasteiger partial charge in [-0.3, -0.25) is 9.59 Å². The molecule has 2 rings (SSSR count). The lowest BCUT2D eigenvalue weighted by Gasteiger charge is -2.03. The Labute approximate surface area is 113 Å². The van der Waals surface area contributed by atoms with E-state index in [-0.39, 0.29) is 17.4 Å². The number of aromatic nitrogens is 2. The zero-order chi connectivity index (χ0) is 13.1. The lowest BCUT2D eigenvalue weighted by atomic mass is 10.1. The Balaban J connectivity index is 2.21. The van der Waals surface area contributed by atoms with E-state index in [1.54, 1.807) is 24.3 Å². The Bertz CT molecular complexity index is 635. The van der Waals surface area contributed by atoms with Gasteiger partial charge in [0.25, 0.3) is 5.56 Å². The first kappa shape index (κ1) is 12.8. The van der Waals surface area contributed by atoms with Gasteiger partial charge in [-0.2, -0.15) is 5.10 Å². The average molecular weight is 283 g/mol. The van der Waals surface area contributed by atoms with Gasteiger partial charge in [0.15, 0.2) is 5.78 Å². The molecular formula is C12H8Cl2N2O2. The summed E-state index contributed by atoms with van der Waals surface area (Å²) in [6.07, 6.45) is 1.32. The maximum atomic E-state index is 11.9. The standard InChI is InChI=1S/C12H8Cl2N2O2/c13-9-3-1-8(2-4-9)11(17)7-16-12(18)5-10(14)6-15-16/h1-6H,7H2. The van der Waals surface area contributed by atoms with E-state index < -0.39 is 5.56 Å². The van der Waals surface area contributed by atoms with Crippen LogP contribution in [0, 0.1) is 0 Å². The second-order valence-electron chi connectivity index (χ2n) is 3.60. The molecule has 0 aliphatic carbocycles. The molecule has 0 saturated carbocycles. The fourth-order valence-corrected chi connectivity index (χ4v) is 1.66. The normalized spacial score (nSPS) is 10.3. The topological polar surface area (TPSA) is 52.0 Å². The number of hydrogen-bond donors (Lipinski definition) is 0. The van der Waals surface area contributed by atoms with E-state index in [0.717, 1.165) is 4.68 Å². The van der Waals surface area contributed by atoms with Crippen LogP contribution in [0.5, 0.6) is 0 Å². The molecule has 2 aromatic rings. The Morgan fingerprint density at radius 3 is 2.44 bits per heavy atom. The zero-order valence-corrected chi connectivity index (χ0v) is 10.6. The van der Waals surface area contributed by atoms with Crippen LogP contribution in [0.4, 0.5) is 0 Å². The summed E-state index contributed by atoms with van der Waals surface area (Å²) < 4.78 is 1.06. The van der Waals surface area contributed by atoms with Gasteiger partial charge in [-0.25, -0.2) is 4.68 Å². The first-order valence-corrected chi connectivity index (χ1v) is 5.83. The van der Waals surface area contributed by atoms with Crippen LogP contribution in [0.3, 0.4) is 0 Å². The Hall–Kier alpha value is -1.65. The minimum Gasteiger partial charge on any atom is -0.292 e. The number of halogens is 2. The van der Waals surface area contributed by atoms with Gasteiger partial charge in [0.2, 0.25) is 0 Å². The number of carbonyl (C=O) groups excluding carboxylic acids is 1. The summed E-state index contributed by atoms with van der Waals surface area (Å²) >= 11 is 11.3. The zero-order valence-electron chi connectivity index (χ0n) is 9.14. The largest absolute Gasteiger partial charge is 0.292 e. The van der Waals surface area contributed by atoms with Crippen molar-refractivity contribution in [1.82, 2.24) is 9.78 Å².